The van der Waals surface area contributed by atoms with E-state index in [4.69, 9.17) is 4.74 Å². The van der Waals surface area contributed by atoms with Gasteiger partial charge in [0.05, 0.1) is 6.04 Å². The molecule has 0 spiro atoms. The second kappa shape index (κ2) is 7.88. The molecule has 138 valence electrons. The van der Waals surface area contributed by atoms with E-state index in [0.717, 1.165) is 22.3 Å². The van der Waals surface area contributed by atoms with Crippen LogP contribution in [0.4, 0.5) is 4.79 Å². The minimum Gasteiger partial charge on any atom is -0.444 e. The number of pyridine rings is 1. The van der Waals surface area contributed by atoms with E-state index >= 15 is 0 Å². The fraction of sp³-hybridized carbons (Fsp3) is 0.0870. The summed E-state index contributed by atoms with van der Waals surface area (Å²) in [6.45, 7) is 0.104. The maximum Gasteiger partial charge on any atom is 0.417 e. The van der Waals surface area contributed by atoms with Crippen molar-refractivity contribution >= 4 is 17.6 Å². The molecule has 1 aliphatic heterocycles. The molecule has 0 radical (unpaired) electrons. The molecule has 0 saturated carbocycles. The molecule has 2 heterocycles. The van der Waals surface area contributed by atoms with Gasteiger partial charge in [-0.05, 0) is 34.4 Å². The smallest absolute Gasteiger partial charge is 0.417 e. The van der Waals surface area contributed by atoms with Crippen LogP contribution in [0.5, 0.6) is 0 Å². The van der Waals surface area contributed by atoms with E-state index in [-0.39, 0.29) is 6.61 Å². The molecule has 0 saturated heterocycles. The quantitative estimate of drug-likeness (QED) is 0.684. The molecule has 0 fully saturated rings. The zero-order valence-electron chi connectivity index (χ0n) is 15.1. The van der Waals surface area contributed by atoms with E-state index in [9.17, 15) is 9.59 Å². The standard InChI is InChI=1S/C23H18N2O3/c26-21-15-20(18-9-5-2-6-10-18)22(19-11-13-24-14-12-19)25(21)23(27)28-16-17-7-3-1-4-8-17/h1-15,22H,16H2. The molecule has 28 heavy (non-hydrogen) atoms. The van der Waals surface area contributed by atoms with Gasteiger partial charge in [0.15, 0.2) is 0 Å². The minimum atomic E-state index is -0.669. The third-order valence-corrected chi connectivity index (χ3v) is 4.60. The average Bonchev–Trinajstić information content (AvgIpc) is 3.11. The van der Waals surface area contributed by atoms with Crippen LogP contribution in [-0.4, -0.2) is 21.9 Å². The summed E-state index contributed by atoms with van der Waals surface area (Å²) in [5.74, 6) is -0.390. The summed E-state index contributed by atoms with van der Waals surface area (Å²) >= 11 is 0. The Balaban J connectivity index is 1.64. The van der Waals surface area contributed by atoms with Crippen molar-refractivity contribution in [3.63, 3.8) is 0 Å². The second-order valence-corrected chi connectivity index (χ2v) is 6.40. The summed E-state index contributed by atoms with van der Waals surface area (Å²) in [6.07, 6.45) is 4.13. The number of benzene rings is 2. The molecule has 2 amide bonds. The predicted octanol–water partition coefficient (Wildman–Crippen LogP) is 4.39. The lowest BCUT2D eigenvalue weighted by atomic mass is 9.95. The number of carbonyl (C=O) groups is 2. The van der Waals surface area contributed by atoms with Gasteiger partial charge in [-0.1, -0.05) is 60.7 Å². The Labute approximate surface area is 162 Å². The maximum atomic E-state index is 12.8. The van der Waals surface area contributed by atoms with Gasteiger partial charge in [0.2, 0.25) is 0 Å². The van der Waals surface area contributed by atoms with E-state index in [1.54, 1.807) is 24.5 Å². The summed E-state index contributed by atoms with van der Waals surface area (Å²) in [5, 5.41) is 0. The van der Waals surface area contributed by atoms with Gasteiger partial charge >= 0.3 is 6.09 Å². The van der Waals surface area contributed by atoms with Crippen LogP contribution in [0.15, 0.2) is 91.3 Å². The van der Waals surface area contributed by atoms with Crippen molar-refractivity contribution in [1.82, 2.24) is 9.88 Å². The molecule has 0 aliphatic carbocycles. The SMILES string of the molecule is O=C1C=C(c2ccccc2)C(c2ccncc2)N1C(=O)OCc1ccccc1. The van der Waals surface area contributed by atoms with Crippen LogP contribution < -0.4 is 0 Å². The highest BCUT2D eigenvalue weighted by molar-refractivity contribution is 6.09. The van der Waals surface area contributed by atoms with Gasteiger partial charge in [0.25, 0.3) is 5.91 Å². The summed E-state index contributed by atoms with van der Waals surface area (Å²) in [4.78, 5) is 30.8. The van der Waals surface area contributed by atoms with E-state index in [1.165, 1.54) is 11.0 Å². The van der Waals surface area contributed by atoms with Gasteiger partial charge in [-0.2, -0.15) is 0 Å². The Morgan fingerprint density at radius 2 is 1.57 bits per heavy atom. The molecule has 1 aliphatic rings. The van der Waals surface area contributed by atoms with Gasteiger partial charge < -0.3 is 4.74 Å². The summed E-state index contributed by atoms with van der Waals surface area (Å²) in [5.41, 5.74) is 3.30. The highest BCUT2D eigenvalue weighted by Gasteiger charge is 2.39. The molecule has 1 atom stereocenters. The summed E-state index contributed by atoms with van der Waals surface area (Å²) in [6, 6.07) is 22.0. The number of hydrogen-bond acceptors (Lipinski definition) is 4. The number of nitrogens with zero attached hydrogens (tertiary/aromatic N) is 2. The van der Waals surface area contributed by atoms with Crippen molar-refractivity contribution in [2.45, 2.75) is 12.6 Å². The van der Waals surface area contributed by atoms with E-state index in [1.807, 2.05) is 60.7 Å². The number of hydrogen-bond donors (Lipinski definition) is 0. The van der Waals surface area contributed by atoms with Crippen molar-refractivity contribution in [1.29, 1.82) is 0 Å². The van der Waals surface area contributed by atoms with Crippen LogP contribution in [0, 0.1) is 0 Å². The molecule has 1 unspecified atom stereocenters. The van der Waals surface area contributed by atoms with Crippen LogP contribution in [-0.2, 0) is 16.1 Å². The molecule has 3 aromatic rings. The Hall–Kier alpha value is -3.73. The molecule has 5 nitrogen and oxygen atoms in total. The van der Waals surface area contributed by atoms with Crippen LogP contribution >= 0.6 is 0 Å². The fourth-order valence-corrected chi connectivity index (χ4v) is 3.28. The van der Waals surface area contributed by atoms with Gasteiger partial charge in [-0.15, -0.1) is 0 Å². The van der Waals surface area contributed by atoms with E-state index in [0.29, 0.717) is 0 Å². The first-order valence-electron chi connectivity index (χ1n) is 8.95. The van der Waals surface area contributed by atoms with Crippen molar-refractivity contribution in [2.75, 3.05) is 0 Å². The van der Waals surface area contributed by atoms with Crippen LogP contribution in [0.2, 0.25) is 0 Å². The van der Waals surface area contributed by atoms with Gasteiger partial charge in [0.1, 0.15) is 6.61 Å². The molecule has 0 bridgehead atoms. The highest BCUT2D eigenvalue weighted by Crippen LogP contribution is 2.40. The highest BCUT2D eigenvalue weighted by atomic mass is 16.6. The molecule has 1 aromatic heterocycles. The van der Waals surface area contributed by atoms with Crippen LogP contribution in [0.3, 0.4) is 0 Å². The van der Waals surface area contributed by atoms with Crippen LogP contribution in [0.25, 0.3) is 5.57 Å². The Morgan fingerprint density at radius 3 is 2.25 bits per heavy atom. The number of rotatable bonds is 4. The third-order valence-electron chi connectivity index (χ3n) is 4.60. The number of imide groups is 1. The number of ether oxygens (including phenoxy) is 1. The molecule has 5 heteroatoms. The first-order valence-corrected chi connectivity index (χ1v) is 8.95. The largest absolute Gasteiger partial charge is 0.444 e. The minimum absolute atomic E-state index is 0.104. The van der Waals surface area contributed by atoms with Gasteiger partial charge in [-0.3, -0.25) is 9.78 Å². The fourth-order valence-electron chi connectivity index (χ4n) is 3.28. The summed E-state index contributed by atoms with van der Waals surface area (Å²) in [7, 11) is 0. The topological polar surface area (TPSA) is 59.5 Å². The monoisotopic (exact) mass is 370 g/mol. The van der Waals surface area contributed by atoms with Crippen molar-refractivity contribution < 1.29 is 14.3 Å². The number of aromatic nitrogens is 1. The Kier molecular flexibility index (Phi) is 4.97. The summed E-state index contributed by atoms with van der Waals surface area (Å²) < 4.78 is 5.44. The lowest BCUT2D eigenvalue weighted by Crippen LogP contribution is -2.36. The maximum absolute atomic E-state index is 12.8. The zero-order chi connectivity index (χ0) is 19.3. The Morgan fingerprint density at radius 1 is 0.929 bits per heavy atom. The Bertz CT molecular complexity index is 1000. The van der Waals surface area contributed by atoms with Crippen molar-refractivity contribution in [2.24, 2.45) is 0 Å². The third kappa shape index (κ3) is 3.55. The number of carbonyl (C=O) groups excluding carboxylic acids is 2. The van der Waals surface area contributed by atoms with Gasteiger partial charge in [0, 0.05) is 18.5 Å². The first kappa shape index (κ1) is 17.7. The van der Waals surface area contributed by atoms with Gasteiger partial charge in [-0.25, -0.2) is 9.69 Å². The van der Waals surface area contributed by atoms with Crippen LogP contribution in [0.1, 0.15) is 22.7 Å². The normalized spacial score (nSPS) is 16.0. The van der Waals surface area contributed by atoms with E-state index in [2.05, 4.69) is 4.98 Å². The predicted molar refractivity (Wildman–Crippen MR) is 105 cm³/mol. The number of amides is 2. The molecule has 4 rings (SSSR count). The second-order valence-electron chi connectivity index (χ2n) is 6.40. The van der Waals surface area contributed by atoms with E-state index < -0.39 is 18.0 Å². The lowest BCUT2D eigenvalue weighted by molar-refractivity contribution is -0.124. The first-order chi connectivity index (χ1) is 13.7. The molecule has 0 N–H and O–H groups in total. The van der Waals surface area contributed by atoms with Crippen molar-refractivity contribution in [3.05, 3.63) is 108 Å². The molecular formula is C23H18N2O3. The van der Waals surface area contributed by atoms with Crippen molar-refractivity contribution in [3.8, 4) is 0 Å². The molecular weight excluding hydrogens is 352 g/mol. The zero-order valence-corrected chi connectivity index (χ0v) is 15.1. The molecule has 2 aromatic carbocycles. The average molecular weight is 370 g/mol. The lowest BCUT2D eigenvalue weighted by Gasteiger charge is -2.25.